The Morgan fingerprint density at radius 3 is 2.47 bits per heavy atom. The molecule has 0 aliphatic rings. The minimum Gasteiger partial charge on any atom is -0.388 e. The van der Waals surface area contributed by atoms with Crippen molar-refractivity contribution in [1.29, 1.82) is 0 Å². The first kappa shape index (κ1) is 15.1. The third-order valence-electron chi connectivity index (χ3n) is 3.04. The number of nitrogens with two attached hydrogens (primary N) is 1. The minimum absolute atomic E-state index is 0.0216. The van der Waals surface area contributed by atoms with Crippen molar-refractivity contribution >= 4 is 17.3 Å². The van der Waals surface area contributed by atoms with Gasteiger partial charge in [0.2, 0.25) is 11.6 Å². The highest BCUT2D eigenvalue weighted by Crippen LogP contribution is 2.28. The lowest BCUT2D eigenvalue weighted by Gasteiger charge is -2.25. The molecule has 1 rings (SSSR count). The highest BCUT2D eigenvalue weighted by molar-refractivity contribution is 5.68. The van der Waals surface area contributed by atoms with Gasteiger partial charge in [-0.05, 0) is 12.8 Å². The van der Waals surface area contributed by atoms with E-state index in [0.717, 1.165) is 6.33 Å². The first-order chi connectivity index (χ1) is 8.97. The summed E-state index contributed by atoms with van der Waals surface area (Å²) in [5, 5.41) is 23.9. The molecule has 0 saturated carbocycles. The van der Waals surface area contributed by atoms with Gasteiger partial charge in [0.15, 0.2) is 0 Å². The molecule has 0 spiro atoms. The molecule has 1 heterocycles. The number of hydrazine groups is 1. The van der Waals surface area contributed by atoms with Crippen molar-refractivity contribution in [3.05, 3.63) is 16.4 Å². The maximum atomic E-state index is 11.0. The van der Waals surface area contributed by atoms with E-state index >= 15 is 0 Å². The van der Waals surface area contributed by atoms with Crippen LogP contribution in [0.2, 0.25) is 0 Å². The number of hydrogen-bond acceptors (Lipinski definition) is 8. The fraction of sp³-hybridized carbons (Fsp3) is 0.600. The SMILES string of the molecule is CCC(O)(CC)CNc1ncnc(NN)c1[N+](=O)[O-]. The number of anilines is 2. The molecule has 1 aromatic rings. The van der Waals surface area contributed by atoms with Gasteiger partial charge in [0.25, 0.3) is 0 Å². The van der Waals surface area contributed by atoms with Crippen molar-refractivity contribution in [2.24, 2.45) is 5.84 Å². The summed E-state index contributed by atoms with van der Waals surface area (Å²) >= 11 is 0. The van der Waals surface area contributed by atoms with Crippen LogP contribution < -0.4 is 16.6 Å². The summed E-state index contributed by atoms with van der Waals surface area (Å²) < 4.78 is 0. The standard InChI is InChI=1S/C10H18N6O3/c1-3-10(17,4-2)5-12-8-7(16(18)19)9(15-11)14-6-13-8/h6,17H,3-5,11H2,1-2H3,(H2,12,13,14,15). The van der Waals surface area contributed by atoms with Gasteiger partial charge in [-0.3, -0.25) is 10.1 Å². The fourth-order valence-corrected chi connectivity index (χ4v) is 1.53. The van der Waals surface area contributed by atoms with Crippen molar-refractivity contribution in [1.82, 2.24) is 9.97 Å². The Labute approximate surface area is 110 Å². The molecule has 0 aliphatic heterocycles. The van der Waals surface area contributed by atoms with E-state index in [0.29, 0.717) is 12.8 Å². The summed E-state index contributed by atoms with van der Waals surface area (Å²) in [4.78, 5) is 17.8. The monoisotopic (exact) mass is 270 g/mol. The van der Waals surface area contributed by atoms with Crippen LogP contribution >= 0.6 is 0 Å². The van der Waals surface area contributed by atoms with E-state index < -0.39 is 10.5 Å². The van der Waals surface area contributed by atoms with Crippen molar-refractivity contribution < 1.29 is 10.0 Å². The zero-order valence-electron chi connectivity index (χ0n) is 10.9. The van der Waals surface area contributed by atoms with Crippen molar-refractivity contribution in [3.8, 4) is 0 Å². The lowest BCUT2D eigenvalue weighted by Crippen LogP contribution is -2.35. The zero-order chi connectivity index (χ0) is 14.5. The van der Waals surface area contributed by atoms with E-state index in [9.17, 15) is 15.2 Å². The molecular weight excluding hydrogens is 252 g/mol. The van der Waals surface area contributed by atoms with Crippen LogP contribution in [0.4, 0.5) is 17.3 Å². The van der Waals surface area contributed by atoms with Gasteiger partial charge in [-0.15, -0.1) is 0 Å². The molecule has 19 heavy (non-hydrogen) atoms. The van der Waals surface area contributed by atoms with Crippen LogP contribution in [0.15, 0.2) is 6.33 Å². The third kappa shape index (κ3) is 3.48. The largest absolute Gasteiger partial charge is 0.388 e. The summed E-state index contributed by atoms with van der Waals surface area (Å²) in [5.74, 6) is 5.11. The molecule has 0 saturated heterocycles. The second kappa shape index (κ2) is 6.25. The van der Waals surface area contributed by atoms with Gasteiger partial charge < -0.3 is 15.8 Å². The average Bonchev–Trinajstić information content (AvgIpc) is 2.43. The molecule has 1 aromatic heterocycles. The van der Waals surface area contributed by atoms with Gasteiger partial charge in [0.05, 0.1) is 10.5 Å². The van der Waals surface area contributed by atoms with E-state index in [2.05, 4.69) is 20.7 Å². The van der Waals surface area contributed by atoms with Crippen molar-refractivity contribution in [3.63, 3.8) is 0 Å². The second-order valence-electron chi connectivity index (χ2n) is 4.11. The van der Waals surface area contributed by atoms with Gasteiger partial charge in [-0.1, -0.05) is 13.8 Å². The molecule has 5 N–H and O–H groups in total. The highest BCUT2D eigenvalue weighted by atomic mass is 16.6. The van der Waals surface area contributed by atoms with Crippen LogP contribution in [-0.4, -0.2) is 32.1 Å². The molecule has 0 aliphatic carbocycles. The first-order valence-electron chi connectivity index (χ1n) is 5.89. The Bertz CT molecular complexity index is 449. The molecule has 0 bridgehead atoms. The molecule has 0 radical (unpaired) electrons. The predicted molar refractivity (Wildman–Crippen MR) is 70.5 cm³/mol. The fourth-order valence-electron chi connectivity index (χ4n) is 1.53. The first-order valence-corrected chi connectivity index (χ1v) is 5.89. The van der Waals surface area contributed by atoms with E-state index in [1.165, 1.54) is 0 Å². The van der Waals surface area contributed by atoms with Crippen LogP contribution in [0.25, 0.3) is 0 Å². The molecule has 0 amide bonds. The molecule has 0 atom stereocenters. The predicted octanol–water partition coefficient (Wildman–Crippen LogP) is 0.633. The summed E-state index contributed by atoms with van der Waals surface area (Å²) in [5.41, 5.74) is 0.864. The third-order valence-corrected chi connectivity index (χ3v) is 3.04. The average molecular weight is 270 g/mol. The van der Waals surface area contributed by atoms with Gasteiger partial charge in [-0.25, -0.2) is 15.8 Å². The molecule has 9 nitrogen and oxygen atoms in total. The maximum absolute atomic E-state index is 11.0. The number of nitrogens with one attached hydrogen (secondary N) is 2. The molecule has 0 aromatic carbocycles. The Morgan fingerprint density at radius 1 is 1.42 bits per heavy atom. The van der Waals surface area contributed by atoms with Crippen LogP contribution in [0.5, 0.6) is 0 Å². The summed E-state index contributed by atoms with van der Waals surface area (Å²) in [6, 6.07) is 0. The number of nitro groups is 1. The van der Waals surface area contributed by atoms with E-state index in [1.54, 1.807) is 0 Å². The number of aliphatic hydroxyl groups is 1. The normalized spacial score (nSPS) is 11.2. The highest BCUT2D eigenvalue weighted by Gasteiger charge is 2.26. The quantitative estimate of drug-likeness (QED) is 0.321. The van der Waals surface area contributed by atoms with Crippen molar-refractivity contribution in [2.45, 2.75) is 32.3 Å². The van der Waals surface area contributed by atoms with Crippen LogP contribution in [0, 0.1) is 10.1 Å². The molecule has 106 valence electrons. The van der Waals surface area contributed by atoms with Crippen LogP contribution in [-0.2, 0) is 0 Å². The molecule has 0 unspecified atom stereocenters. The van der Waals surface area contributed by atoms with Crippen LogP contribution in [0.3, 0.4) is 0 Å². The number of rotatable bonds is 7. The number of hydrogen-bond donors (Lipinski definition) is 4. The summed E-state index contributed by atoms with van der Waals surface area (Å²) in [7, 11) is 0. The minimum atomic E-state index is -0.935. The molecular formula is C10H18N6O3. The Hall–Kier alpha value is -2.00. The van der Waals surface area contributed by atoms with E-state index in [-0.39, 0.29) is 23.9 Å². The second-order valence-corrected chi connectivity index (χ2v) is 4.11. The maximum Gasteiger partial charge on any atom is 0.354 e. The Morgan fingerprint density at radius 2 is 2.00 bits per heavy atom. The van der Waals surface area contributed by atoms with Crippen LogP contribution in [0.1, 0.15) is 26.7 Å². The number of aromatic nitrogens is 2. The van der Waals surface area contributed by atoms with Gasteiger partial charge in [0.1, 0.15) is 6.33 Å². The number of nitrogens with zero attached hydrogens (tertiary/aromatic N) is 3. The smallest absolute Gasteiger partial charge is 0.354 e. The van der Waals surface area contributed by atoms with E-state index in [1.807, 2.05) is 13.8 Å². The van der Waals surface area contributed by atoms with Crippen molar-refractivity contribution in [2.75, 3.05) is 17.3 Å². The zero-order valence-corrected chi connectivity index (χ0v) is 10.9. The van der Waals surface area contributed by atoms with Gasteiger partial charge in [0, 0.05) is 6.54 Å². The Balaban J connectivity index is 2.98. The number of nitrogen functional groups attached to an aromatic ring is 1. The summed E-state index contributed by atoms with van der Waals surface area (Å²) in [6.07, 6.45) is 2.20. The van der Waals surface area contributed by atoms with Gasteiger partial charge >= 0.3 is 5.69 Å². The topological polar surface area (TPSA) is 139 Å². The molecule has 9 heteroatoms. The Kier molecular flexibility index (Phi) is 4.95. The lowest BCUT2D eigenvalue weighted by atomic mass is 9.98. The lowest BCUT2D eigenvalue weighted by molar-refractivity contribution is -0.383. The summed E-state index contributed by atoms with van der Waals surface area (Å²) in [6.45, 7) is 3.83. The molecule has 0 fully saturated rings. The van der Waals surface area contributed by atoms with Gasteiger partial charge in [-0.2, -0.15) is 0 Å². The van der Waals surface area contributed by atoms with E-state index in [4.69, 9.17) is 5.84 Å².